The average molecular weight is 568 g/mol. The third-order valence-corrected chi connectivity index (χ3v) is 4.71. The molecule has 11 heteroatoms. The van der Waals surface area contributed by atoms with Crippen LogP contribution in [0.25, 0.3) is 11.4 Å². The van der Waals surface area contributed by atoms with Crippen molar-refractivity contribution in [2.45, 2.75) is 13.1 Å². The van der Waals surface area contributed by atoms with Gasteiger partial charge in [-0.25, -0.2) is 4.98 Å². The first kappa shape index (κ1) is 26.0. The van der Waals surface area contributed by atoms with Crippen LogP contribution in [0.2, 0.25) is 0 Å². The molecule has 0 saturated heterocycles. The number of aromatic nitrogens is 3. The molecule has 0 aliphatic rings. The van der Waals surface area contributed by atoms with Gasteiger partial charge in [-0.3, -0.25) is 10.1 Å². The molecule has 0 unspecified atom stereocenters. The third kappa shape index (κ3) is 6.63. The van der Waals surface area contributed by atoms with Gasteiger partial charge in [0, 0.05) is 19.2 Å². The first-order valence-electron chi connectivity index (χ1n) is 9.91. The summed E-state index contributed by atoms with van der Waals surface area (Å²) in [5.74, 6) is 4.45. The Morgan fingerprint density at radius 3 is 2.09 bits per heavy atom. The first-order valence-corrected chi connectivity index (χ1v) is 9.91. The molecule has 3 N–H and O–H groups in total. The van der Waals surface area contributed by atoms with Gasteiger partial charge in [0.15, 0.2) is 23.3 Å². The highest BCUT2D eigenvalue weighted by Crippen LogP contribution is 2.38. The van der Waals surface area contributed by atoms with Crippen LogP contribution in [-0.4, -0.2) is 56.6 Å². The molecule has 0 bridgehead atoms. The minimum Gasteiger partial charge on any atom is -0.497 e. The van der Waals surface area contributed by atoms with E-state index in [2.05, 4.69) is 30.8 Å². The maximum absolute atomic E-state index is 5.40. The minimum atomic E-state index is 0. The van der Waals surface area contributed by atoms with Crippen molar-refractivity contribution in [2.75, 3.05) is 35.5 Å². The molecule has 3 rings (SSSR count). The normalized spacial score (nSPS) is 10.8. The number of ether oxygens (including phenoxy) is 4. The van der Waals surface area contributed by atoms with E-state index >= 15 is 0 Å². The van der Waals surface area contributed by atoms with Gasteiger partial charge in [0.25, 0.3) is 0 Å². The highest BCUT2D eigenvalue weighted by molar-refractivity contribution is 14.0. The number of nitrogens with one attached hydrogen (secondary N) is 3. The summed E-state index contributed by atoms with van der Waals surface area (Å²) in [6.07, 6.45) is 0. The quantitative estimate of drug-likeness (QED) is 0.205. The number of hydrogen-bond acceptors (Lipinski definition) is 7. The van der Waals surface area contributed by atoms with E-state index in [1.54, 1.807) is 35.5 Å². The monoisotopic (exact) mass is 568 g/mol. The standard InChI is InChI=1S/C22H28N6O4.HI/c1-23-22(24-12-14-10-17(30-3)20(32-5)18(11-14)31-4)25-13-19-26-21(28-27-19)15-6-8-16(29-2)9-7-15;/h6-11H,12-13H2,1-5H3,(H2,23,24,25)(H,26,27,28);1H. The summed E-state index contributed by atoms with van der Waals surface area (Å²) in [6, 6.07) is 11.4. The van der Waals surface area contributed by atoms with E-state index < -0.39 is 0 Å². The molecule has 33 heavy (non-hydrogen) atoms. The summed E-state index contributed by atoms with van der Waals surface area (Å²) in [6.45, 7) is 0.933. The smallest absolute Gasteiger partial charge is 0.203 e. The van der Waals surface area contributed by atoms with Crippen LogP contribution in [0.5, 0.6) is 23.0 Å². The summed E-state index contributed by atoms with van der Waals surface area (Å²) in [7, 11) is 8.09. The topological polar surface area (TPSA) is 115 Å². The average Bonchev–Trinajstić information content (AvgIpc) is 3.32. The fraction of sp³-hybridized carbons (Fsp3) is 0.318. The van der Waals surface area contributed by atoms with Crippen molar-refractivity contribution in [2.24, 2.45) is 4.99 Å². The van der Waals surface area contributed by atoms with Gasteiger partial charge in [-0.1, -0.05) is 0 Å². The molecule has 0 saturated carbocycles. The summed E-state index contributed by atoms with van der Waals surface area (Å²) in [5.41, 5.74) is 1.85. The summed E-state index contributed by atoms with van der Waals surface area (Å²) < 4.78 is 21.4. The van der Waals surface area contributed by atoms with Gasteiger partial charge in [-0.15, -0.1) is 24.0 Å². The van der Waals surface area contributed by atoms with Crippen molar-refractivity contribution in [3.63, 3.8) is 0 Å². The molecule has 0 aliphatic heterocycles. The van der Waals surface area contributed by atoms with Crippen LogP contribution in [0.4, 0.5) is 0 Å². The number of benzene rings is 2. The summed E-state index contributed by atoms with van der Waals surface area (Å²) in [4.78, 5) is 8.78. The Kier molecular flexibility index (Phi) is 10.0. The number of halogens is 1. The lowest BCUT2D eigenvalue weighted by Gasteiger charge is -2.15. The second-order valence-electron chi connectivity index (χ2n) is 6.65. The SMILES string of the molecule is CN=C(NCc1cc(OC)c(OC)c(OC)c1)NCc1nc(-c2ccc(OC)cc2)n[nH]1.I. The van der Waals surface area contributed by atoms with Crippen molar-refractivity contribution in [3.05, 3.63) is 47.8 Å². The fourth-order valence-corrected chi connectivity index (χ4v) is 3.05. The molecule has 0 radical (unpaired) electrons. The van der Waals surface area contributed by atoms with Gasteiger partial charge in [0.05, 0.1) is 35.0 Å². The molecule has 1 heterocycles. The molecular formula is C22H29IN6O4. The zero-order valence-corrected chi connectivity index (χ0v) is 21.6. The predicted octanol–water partition coefficient (Wildman–Crippen LogP) is 2.99. The maximum Gasteiger partial charge on any atom is 0.203 e. The maximum atomic E-state index is 5.40. The van der Waals surface area contributed by atoms with Gasteiger partial charge >= 0.3 is 0 Å². The largest absolute Gasteiger partial charge is 0.497 e. The van der Waals surface area contributed by atoms with Gasteiger partial charge in [-0.05, 0) is 42.0 Å². The van der Waals surface area contributed by atoms with E-state index in [0.717, 1.165) is 16.9 Å². The van der Waals surface area contributed by atoms with Crippen molar-refractivity contribution in [1.82, 2.24) is 25.8 Å². The molecule has 10 nitrogen and oxygen atoms in total. The molecule has 0 amide bonds. The zero-order valence-electron chi connectivity index (χ0n) is 19.3. The second kappa shape index (κ2) is 12.7. The molecular weight excluding hydrogens is 539 g/mol. The number of H-pyrrole nitrogens is 1. The lowest BCUT2D eigenvalue weighted by atomic mass is 10.2. The lowest BCUT2D eigenvalue weighted by molar-refractivity contribution is 0.323. The highest BCUT2D eigenvalue weighted by atomic mass is 127. The Morgan fingerprint density at radius 1 is 0.909 bits per heavy atom. The van der Waals surface area contributed by atoms with Crippen LogP contribution in [0.1, 0.15) is 11.4 Å². The van der Waals surface area contributed by atoms with Crippen LogP contribution >= 0.6 is 24.0 Å². The van der Waals surface area contributed by atoms with Crippen LogP contribution < -0.4 is 29.6 Å². The Bertz CT molecular complexity index is 1030. The van der Waals surface area contributed by atoms with E-state index in [4.69, 9.17) is 18.9 Å². The van der Waals surface area contributed by atoms with Gasteiger partial charge in [0.1, 0.15) is 11.6 Å². The molecule has 2 aromatic carbocycles. The van der Waals surface area contributed by atoms with Gasteiger partial charge < -0.3 is 29.6 Å². The molecule has 0 fully saturated rings. The van der Waals surface area contributed by atoms with Crippen molar-refractivity contribution in [3.8, 4) is 34.4 Å². The van der Waals surface area contributed by atoms with Crippen LogP contribution in [0.15, 0.2) is 41.4 Å². The van der Waals surface area contributed by atoms with Gasteiger partial charge in [0.2, 0.25) is 5.75 Å². The first-order chi connectivity index (χ1) is 15.6. The molecule has 0 atom stereocenters. The van der Waals surface area contributed by atoms with E-state index in [1.807, 2.05) is 36.4 Å². The minimum absolute atomic E-state index is 0. The summed E-state index contributed by atoms with van der Waals surface area (Å²) in [5, 5.41) is 13.7. The highest BCUT2D eigenvalue weighted by Gasteiger charge is 2.13. The number of nitrogens with zero attached hydrogens (tertiary/aromatic N) is 3. The predicted molar refractivity (Wildman–Crippen MR) is 137 cm³/mol. The van der Waals surface area contributed by atoms with Crippen LogP contribution in [0, 0.1) is 0 Å². The van der Waals surface area contributed by atoms with Crippen molar-refractivity contribution >= 4 is 29.9 Å². The zero-order chi connectivity index (χ0) is 22.9. The molecule has 178 valence electrons. The van der Waals surface area contributed by atoms with E-state index in [9.17, 15) is 0 Å². The van der Waals surface area contributed by atoms with E-state index in [0.29, 0.717) is 47.9 Å². The third-order valence-electron chi connectivity index (χ3n) is 4.71. The molecule has 3 aromatic rings. The Labute approximate surface area is 210 Å². The van der Waals surface area contributed by atoms with Crippen molar-refractivity contribution < 1.29 is 18.9 Å². The number of methoxy groups -OCH3 is 4. The number of hydrogen-bond donors (Lipinski definition) is 3. The Morgan fingerprint density at radius 2 is 1.55 bits per heavy atom. The number of rotatable bonds is 9. The fourth-order valence-electron chi connectivity index (χ4n) is 3.05. The number of guanidine groups is 1. The molecule has 0 aliphatic carbocycles. The summed E-state index contributed by atoms with van der Waals surface area (Å²) >= 11 is 0. The number of aromatic amines is 1. The number of aliphatic imine (C=N–C) groups is 1. The Hall–Kier alpha value is -3.22. The van der Waals surface area contributed by atoms with Crippen LogP contribution in [0.3, 0.4) is 0 Å². The molecule has 0 spiro atoms. The second-order valence-corrected chi connectivity index (χ2v) is 6.65. The lowest BCUT2D eigenvalue weighted by Crippen LogP contribution is -2.36. The van der Waals surface area contributed by atoms with Crippen LogP contribution in [-0.2, 0) is 13.1 Å². The Balaban J connectivity index is 0.00000385. The van der Waals surface area contributed by atoms with Crippen molar-refractivity contribution in [1.29, 1.82) is 0 Å². The van der Waals surface area contributed by atoms with E-state index in [-0.39, 0.29) is 24.0 Å². The molecule has 1 aromatic heterocycles. The van der Waals surface area contributed by atoms with E-state index in [1.165, 1.54) is 0 Å². The van der Waals surface area contributed by atoms with Gasteiger partial charge in [-0.2, -0.15) is 5.10 Å².